The first-order chi connectivity index (χ1) is 14.2. The predicted molar refractivity (Wildman–Crippen MR) is 126 cm³/mol. The van der Waals surface area contributed by atoms with E-state index in [9.17, 15) is 0 Å². The van der Waals surface area contributed by atoms with Crippen molar-refractivity contribution in [2.75, 3.05) is 46.0 Å². The molecular formula is C20H37IN6O3. The minimum absolute atomic E-state index is 0. The Morgan fingerprint density at radius 3 is 2.77 bits per heavy atom. The molecule has 2 N–H and O–H groups in total. The van der Waals surface area contributed by atoms with E-state index in [0.29, 0.717) is 36.8 Å². The van der Waals surface area contributed by atoms with Gasteiger partial charge in [-0.2, -0.15) is 4.98 Å². The van der Waals surface area contributed by atoms with Crippen molar-refractivity contribution in [1.82, 2.24) is 25.7 Å². The molecule has 2 aliphatic heterocycles. The number of rotatable bonds is 9. The van der Waals surface area contributed by atoms with Crippen molar-refractivity contribution < 1.29 is 14.0 Å². The van der Waals surface area contributed by atoms with Crippen molar-refractivity contribution in [3.05, 3.63) is 11.7 Å². The topological polar surface area (TPSA) is 97.0 Å². The van der Waals surface area contributed by atoms with Gasteiger partial charge in [0.15, 0.2) is 11.8 Å². The van der Waals surface area contributed by atoms with Crippen LogP contribution >= 0.6 is 24.0 Å². The van der Waals surface area contributed by atoms with E-state index < -0.39 is 0 Å². The van der Waals surface area contributed by atoms with Crippen LogP contribution in [0.25, 0.3) is 0 Å². The molecule has 2 fully saturated rings. The number of hydrogen-bond acceptors (Lipinski definition) is 7. The molecule has 2 unspecified atom stereocenters. The van der Waals surface area contributed by atoms with Gasteiger partial charge >= 0.3 is 0 Å². The van der Waals surface area contributed by atoms with E-state index in [2.05, 4.69) is 37.6 Å². The van der Waals surface area contributed by atoms with Crippen LogP contribution in [0, 0.1) is 5.92 Å². The van der Waals surface area contributed by atoms with Crippen molar-refractivity contribution in [3.8, 4) is 0 Å². The Morgan fingerprint density at radius 1 is 1.30 bits per heavy atom. The van der Waals surface area contributed by atoms with E-state index in [1.165, 1.54) is 13.0 Å². The van der Waals surface area contributed by atoms with Crippen LogP contribution in [0.5, 0.6) is 0 Å². The lowest BCUT2D eigenvalue weighted by Gasteiger charge is -2.34. The Kier molecular flexibility index (Phi) is 11.3. The highest BCUT2D eigenvalue weighted by molar-refractivity contribution is 14.0. The minimum Gasteiger partial charge on any atom is -0.381 e. The molecule has 30 heavy (non-hydrogen) atoms. The summed E-state index contributed by atoms with van der Waals surface area (Å²) in [5.41, 5.74) is 0. The van der Waals surface area contributed by atoms with Gasteiger partial charge in [0.2, 0.25) is 5.89 Å². The summed E-state index contributed by atoms with van der Waals surface area (Å²) in [6.07, 6.45) is 3.27. The molecule has 1 aromatic rings. The summed E-state index contributed by atoms with van der Waals surface area (Å²) in [7, 11) is 0. The van der Waals surface area contributed by atoms with Gasteiger partial charge in [0.05, 0.1) is 6.61 Å². The maximum Gasteiger partial charge on any atom is 0.248 e. The van der Waals surface area contributed by atoms with Gasteiger partial charge in [-0.3, -0.25) is 0 Å². The lowest BCUT2D eigenvalue weighted by molar-refractivity contribution is 0.0683. The first kappa shape index (κ1) is 25.3. The van der Waals surface area contributed by atoms with Crippen LogP contribution < -0.4 is 10.6 Å². The molecule has 3 heterocycles. The summed E-state index contributed by atoms with van der Waals surface area (Å²) < 4.78 is 16.3. The second-order valence-electron chi connectivity index (χ2n) is 7.79. The molecule has 1 aromatic heterocycles. The lowest BCUT2D eigenvalue weighted by atomic mass is 10.0. The largest absolute Gasteiger partial charge is 0.381 e. The van der Waals surface area contributed by atoms with Crippen LogP contribution in [0.4, 0.5) is 0 Å². The van der Waals surface area contributed by atoms with E-state index in [0.717, 1.165) is 51.6 Å². The number of guanidine groups is 1. The number of ether oxygens (including phenoxy) is 2. The van der Waals surface area contributed by atoms with Crippen LogP contribution in [0.1, 0.15) is 57.9 Å². The Hall–Kier alpha value is -0.980. The third kappa shape index (κ3) is 7.93. The number of halogens is 1. The molecular weight excluding hydrogens is 499 g/mol. The Bertz CT molecular complexity index is 630. The van der Waals surface area contributed by atoms with Crippen molar-refractivity contribution in [2.45, 2.75) is 58.7 Å². The number of nitrogens with one attached hydrogen (secondary N) is 2. The van der Waals surface area contributed by atoms with Gasteiger partial charge in [-0.1, -0.05) is 5.16 Å². The SMILES string of the molecule is CCNC(=NCc1nc(C(C)OCC)no1)NC1CCN(CC2CCOC2)CC1.I. The fraction of sp³-hybridized carbons (Fsp3) is 0.850. The number of aromatic nitrogens is 2. The van der Waals surface area contributed by atoms with E-state index in [4.69, 9.17) is 14.0 Å². The standard InChI is InChI=1S/C20H36N6O3.HI/c1-4-21-20(22-12-18-24-19(25-29-18)15(3)28-5-2)23-17-6-9-26(10-7-17)13-16-8-11-27-14-16;/h15-17H,4-14H2,1-3H3,(H2,21,22,23);1H. The zero-order chi connectivity index (χ0) is 20.5. The molecule has 3 rings (SSSR count). The average Bonchev–Trinajstić information content (AvgIpc) is 3.40. The van der Waals surface area contributed by atoms with Gasteiger partial charge in [0.1, 0.15) is 12.6 Å². The van der Waals surface area contributed by atoms with Crippen molar-refractivity contribution in [3.63, 3.8) is 0 Å². The van der Waals surface area contributed by atoms with Crippen molar-refractivity contribution in [1.29, 1.82) is 0 Å². The van der Waals surface area contributed by atoms with E-state index in [1.54, 1.807) is 0 Å². The molecule has 0 aromatic carbocycles. The van der Waals surface area contributed by atoms with Crippen LogP contribution in [-0.2, 0) is 16.0 Å². The van der Waals surface area contributed by atoms with E-state index in [1.807, 2.05) is 13.8 Å². The van der Waals surface area contributed by atoms with E-state index in [-0.39, 0.29) is 30.1 Å². The smallest absolute Gasteiger partial charge is 0.248 e. The number of hydrogen-bond donors (Lipinski definition) is 2. The number of aliphatic imine (C=N–C) groups is 1. The molecule has 2 saturated heterocycles. The predicted octanol–water partition coefficient (Wildman–Crippen LogP) is 2.34. The van der Waals surface area contributed by atoms with Gasteiger partial charge < -0.3 is 29.5 Å². The van der Waals surface area contributed by atoms with Crippen LogP contribution in [0.15, 0.2) is 9.52 Å². The summed E-state index contributed by atoms with van der Waals surface area (Å²) in [4.78, 5) is 11.6. The Labute approximate surface area is 196 Å². The Balaban J connectivity index is 0.00000320. The van der Waals surface area contributed by atoms with Crippen LogP contribution in [0.3, 0.4) is 0 Å². The molecule has 10 heteroatoms. The molecule has 0 aliphatic carbocycles. The maximum atomic E-state index is 5.50. The average molecular weight is 536 g/mol. The first-order valence-corrected chi connectivity index (χ1v) is 11.0. The van der Waals surface area contributed by atoms with E-state index >= 15 is 0 Å². The lowest BCUT2D eigenvalue weighted by Crippen LogP contribution is -2.49. The fourth-order valence-corrected chi connectivity index (χ4v) is 3.83. The molecule has 2 atom stereocenters. The summed E-state index contributed by atoms with van der Waals surface area (Å²) in [6, 6.07) is 0.431. The second-order valence-corrected chi connectivity index (χ2v) is 7.79. The normalized spacial score (nSPS) is 22.0. The molecule has 0 saturated carbocycles. The second kappa shape index (κ2) is 13.4. The summed E-state index contributed by atoms with van der Waals surface area (Å²) in [5, 5.41) is 10.9. The third-order valence-electron chi connectivity index (χ3n) is 5.45. The van der Waals surface area contributed by atoms with Crippen molar-refractivity contribution in [2.24, 2.45) is 10.9 Å². The highest BCUT2D eigenvalue weighted by Crippen LogP contribution is 2.18. The zero-order valence-electron chi connectivity index (χ0n) is 18.4. The maximum absolute atomic E-state index is 5.50. The van der Waals surface area contributed by atoms with Gasteiger partial charge in [0.25, 0.3) is 0 Å². The number of piperidine rings is 1. The molecule has 0 spiro atoms. The summed E-state index contributed by atoms with van der Waals surface area (Å²) in [6.45, 7) is 13.0. The molecule has 0 amide bonds. The minimum atomic E-state index is -0.172. The Morgan fingerprint density at radius 2 is 2.10 bits per heavy atom. The third-order valence-corrected chi connectivity index (χ3v) is 5.45. The van der Waals surface area contributed by atoms with Gasteiger partial charge in [0, 0.05) is 45.4 Å². The zero-order valence-corrected chi connectivity index (χ0v) is 20.8. The van der Waals surface area contributed by atoms with Gasteiger partial charge in [-0.25, -0.2) is 4.99 Å². The molecule has 172 valence electrons. The summed E-state index contributed by atoms with van der Waals surface area (Å²) >= 11 is 0. The quantitative estimate of drug-likeness (QED) is 0.282. The fourth-order valence-electron chi connectivity index (χ4n) is 3.83. The highest BCUT2D eigenvalue weighted by atomic mass is 127. The number of likely N-dealkylation sites (tertiary alicyclic amines) is 1. The number of nitrogens with zero attached hydrogens (tertiary/aromatic N) is 4. The highest BCUT2D eigenvalue weighted by Gasteiger charge is 2.24. The van der Waals surface area contributed by atoms with Gasteiger partial charge in [-0.15, -0.1) is 24.0 Å². The van der Waals surface area contributed by atoms with Crippen LogP contribution in [-0.4, -0.2) is 73.0 Å². The van der Waals surface area contributed by atoms with Gasteiger partial charge in [-0.05, 0) is 46.0 Å². The monoisotopic (exact) mass is 536 g/mol. The molecule has 2 aliphatic rings. The van der Waals surface area contributed by atoms with Crippen LogP contribution in [0.2, 0.25) is 0 Å². The van der Waals surface area contributed by atoms with Crippen molar-refractivity contribution >= 4 is 29.9 Å². The molecule has 0 bridgehead atoms. The molecule has 0 radical (unpaired) electrons. The molecule has 9 nitrogen and oxygen atoms in total. The summed E-state index contributed by atoms with van der Waals surface area (Å²) in [5.74, 6) is 2.57. The first-order valence-electron chi connectivity index (χ1n) is 11.0.